The van der Waals surface area contributed by atoms with Crippen LogP contribution in [0.4, 0.5) is 0 Å². The maximum absolute atomic E-state index is 11.6. The van der Waals surface area contributed by atoms with E-state index in [2.05, 4.69) is 4.90 Å². The lowest BCUT2D eigenvalue weighted by molar-refractivity contribution is 0.101. The Hall–Kier alpha value is -1.35. The topological polar surface area (TPSA) is 29.5 Å². The average molecular weight is 273 g/mol. The highest BCUT2D eigenvalue weighted by Crippen LogP contribution is 2.36. The zero-order chi connectivity index (χ0) is 14.1. The number of carbonyl (C=O) groups is 1. The summed E-state index contributed by atoms with van der Waals surface area (Å²) in [5.74, 6) is 1.92. The number of methoxy groups -OCH3 is 1. The van der Waals surface area contributed by atoms with Crippen LogP contribution in [0.25, 0.3) is 0 Å². The molecule has 2 fully saturated rings. The predicted molar refractivity (Wildman–Crippen MR) is 79.2 cm³/mol. The molecule has 0 N–H and O–H groups in total. The molecule has 0 radical (unpaired) electrons. The molecule has 0 aliphatic heterocycles. The third-order valence-corrected chi connectivity index (χ3v) is 4.31. The van der Waals surface area contributed by atoms with E-state index in [1.54, 1.807) is 14.0 Å². The molecule has 2 saturated carbocycles. The number of hydrogen-bond acceptors (Lipinski definition) is 3. The molecule has 0 bridgehead atoms. The summed E-state index contributed by atoms with van der Waals surface area (Å²) in [5.41, 5.74) is 1.93. The quantitative estimate of drug-likeness (QED) is 0.714. The van der Waals surface area contributed by atoms with E-state index in [1.165, 1.54) is 32.2 Å². The Bertz CT molecular complexity index is 504. The molecule has 3 nitrogen and oxygen atoms in total. The minimum Gasteiger partial charge on any atom is -0.496 e. The molecule has 0 atom stereocenters. The lowest BCUT2D eigenvalue weighted by Gasteiger charge is -2.23. The average Bonchev–Trinajstić information content (AvgIpc) is 3.30. The van der Waals surface area contributed by atoms with Gasteiger partial charge in [0, 0.05) is 30.3 Å². The summed E-state index contributed by atoms with van der Waals surface area (Å²) >= 11 is 0. The van der Waals surface area contributed by atoms with Crippen molar-refractivity contribution in [3.63, 3.8) is 0 Å². The summed E-state index contributed by atoms with van der Waals surface area (Å²) in [4.78, 5) is 14.1. The molecule has 20 heavy (non-hydrogen) atoms. The summed E-state index contributed by atoms with van der Waals surface area (Å²) in [5, 5.41) is 0. The highest BCUT2D eigenvalue weighted by molar-refractivity contribution is 5.94. The van der Waals surface area contributed by atoms with Crippen molar-refractivity contribution < 1.29 is 9.53 Å². The zero-order valence-corrected chi connectivity index (χ0v) is 12.4. The number of Topliss-reactive ketones (excluding diaryl/α,β-unsaturated/α-hetero) is 1. The Labute approximate surface area is 120 Å². The molecule has 0 saturated heterocycles. The van der Waals surface area contributed by atoms with Gasteiger partial charge in [-0.2, -0.15) is 0 Å². The van der Waals surface area contributed by atoms with Crippen LogP contribution in [0.5, 0.6) is 5.75 Å². The molecule has 0 spiro atoms. The first-order chi connectivity index (χ1) is 9.67. The van der Waals surface area contributed by atoms with E-state index in [0.717, 1.165) is 35.4 Å². The Kier molecular flexibility index (Phi) is 3.79. The van der Waals surface area contributed by atoms with Gasteiger partial charge in [0.25, 0.3) is 0 Å². The molecule has 0 heterocycles. The van der Waals surface area contributed by atoms with Crippen LogP contribution in [-0.2, 0) is 6.54 Å². The van der Waals surface area contributed by atoms with Gasteiger partial charge in [0.2, 0.25) is 0 Å². The van der Waals surface area contributed by atoms with E-state index in [9.17, 15) is 4.79 Å². The van der Waals surface area contributed by atoms with Gasteiger partial charge < -0.3 is 4.74 Å². The highest BCUT2D eigenvalue weighted by atomic mass is 16.5. The van der Waals surface area contributed by atoms with E-state index >= 15 is 0 Å². The van der Waals surface area contributed by atoms with Crippen molar-refractivity contribution in [2.24, 2.45) is 5.92 Å². The first-order valence-corrected chi connectivity index (χ1v) is 7.59. The third-order valence-electron chi connectivity index (χ3n) is 4.31. The number of ketones is 1. The van der Waals surface area contributed by atoms with E-state index in [4.69, 9.17) is 4.74 Å². The summed E-state index contributed by atoms with van der Waals surface area (Å²) < 4.78 is 5.46. The fraction of sp³-hybridized carbons (Fsp3) is 0.588. The molecule has 3 rings (SSSR count). The van der Waals surface area contributed by atoms with Crippen LogP contribution in [0.1, 0.15) is 48.5 Å². The number of nitrogens with zero attached hydrogens (tertiary/aromatic N) is 1. The third kappa shape index (κ3) is 3.21. The Morgan fingerprint density at radius 3 is 2.60 bits per heavy atom. The summed E-state index contributed by atoms with van der Waals surface area (Å²) in [6.07, 6.45) is 5.41. The standard InChI is InChI=1S/C17H23NO2/c1-12(19)14-5-8-17(20-2)15(9-14)11-18(16-6-7-16)10-13-3-4-13/h5,8-9,13,16H,3-4,6-7,10-11H2,1-2H3. The van der Waals surface area contributed by atoms with Crippen LogP contribution in [0.3, 0.4) is 0 Å². The van der Waals surface area contributed by atoms with Gasteiger partial charge >= 0.3 is 0 Å². The Morgan fingerprint density at radius 2 is 2.05 bits per heavy atom. The second kappa shape index (κ2) is 5.57. The number of benzene rings is 1. The highest BCUT2D eigenvalue weighted by Gasteiger charge is 2.33. The van der Waals surface area contributed by atoms with Gasteiger partial charge in [-0.1, -0.05) is 0 Å². The molecule has 108 valence electrons. The van der Waals surface area contributed by atoms with Crippen molar-refractivity contribution in [3.8, 4) is 5.75 Å². The van der Waals surface area contributed by atoms with Crippen molar-refractivity contribution in [1.29, 1.82) is 0 Å². The van der Waals surface area contributed by atoms with Gasteiger partial charge in [-0.25, -0.2) is 0 Å². The fourth-order valence-corrected chi connectivity index (χ4v) is 2.75. The van der Waals surface area contributed by atoms with E-state index in [1.807, 2.05) is 18.2 Å². The van der Waals surface area contributed by atoms with Gasteiger partial charge in [0.1, 0.15) is 5.75 Å². The van der Waals surface area contributed by atoms with Gasteiger partial charge in [-0.05, 0) is 56.7 Å². The molecule has 0 aromatic heterocycles. The number of carbonyl (C=O) groups excluding carboxylic acids is 1. The van der Waals surface area contributed by atoms with Crippen molar-refractivity contribution in [2.75, 3.05) is 13.7 Å². The first kappa shape index (κ1) is 13.6. The Morgan fingerprint density at radius 1 is 1.30 bits per heavy atom. The maximum Gasteiger partial charge on any atom is 0.159 e. The lowest BCUT2D eigenvalue weighted by Crippen LogP contribution is -2.28. The maximum atomic E-state index is 11.6. The second-order valence-corrected chi connectivity index (χ2v) is 6.19. The predicted octanol–water partition coefficient (Wildman–Crippen LogP) is 3.27. The molecule has 0 amide bonds. The minimum atomic E-state index is 0.120. The molecule has 1 aromatic rings. The molecular weight excluding hydrogens is 250 g/mol. The normalized spacial score (nSPS) is 18.4. The number of rotatable bonds is 7. The van der Waals surface area contributed by atoms with Gasteiger partial charge in [0.05, 0.1) is 7.11 Å². The van der Waals surface area contributed by atoms with Gasteiger partial charge in [0.15, 0.2) is 5.78 Å². The van der Waals surface area contributed by atoms with Crippen LogP contribution in [0.15, 0.2) is 18.2 Å². The van der Waals surface area contributed by atoms with Crippen LogP contribution in [-0.4, -0.2) is 30.4 Å². The van der Waals surface area contributed by atoms with E-state index in [0.29, 0.717) is 0 Å². The van der Waals surface area contributed by atoms with Gasteiger partial charge in [-0.3, -0.25) is 9.69 Å². The zero-order valence-electron chi connectivity index (χ0n) is 12.4. The summed E-state index contributed by atoms with van der Waals surface area (Å²) in [6.45, 7) is 3.73. The molecule has 3 heteroatoms. The molecule has 2 aliphatic carbocycles. The summed E-state index contributed by atoms with van der Waals surface area (Å²) in [7, 11) is 1.70. The van der Waals surface area contributed by atoms with Gasteiger partial charge in [-0.15, -0.1) is 0 Å². The monoisotopic (exact) mass is 273 g/mol. The van der Waals surface area contributed by atoms with Crippen LogP contribution in [0.2, 0.25) is 0 Å². The van der Waals surface area contributed by atoms with Crippen LogP contribution >= 0.6 is 0 Å². The Balaban J connectivity index is 1.78. The second-order valence-electron chi connectivity index (χ2n) is 6.19. The molecule has 2 aliphatic rings. The summed E-state index contributed by atoms with van der Waals surface area (Å²) in [6, 6.07) is 6.53. The van der Waals surface area contributed by atoms with Crippen LogP contribution in [0, 0.1) is 5.92 Å². The molecular formula is C17H23NO2. The van der Waals surface area contributed by atoms with Crippen molar-refractivity contribution in [1.82, 2.24) is 4.90 Å². The molecule has 1 aromatic carbocycles. The largest absolute Gasteiger partial charge is 0.496 e. The van der Waals surface area contributed by atoms with Crippen molar-refractivity contribution in [3.05, 3.63) is 29.3 Å². The lowest BCUT2D eigenvalue weighted by atomic mass is 10.1. The molecule has 0 unspecified atom stereocenters. The van der Waals surface area contributed by atoms with Crippen LogP contribution < -0.4 is 4.74 Å². The number of hydrogen-bond donors (Lipinski definition) is 0. The fourth-order valence-electron chi connectivity index (χ4n) is 2.75. The van der Waals surface area contributed by atoms with Crippen molar-refractivity contribution in [2.45, 2.75) is 45.2 Å². The SMILES string of the molecule is COc1ccc(C(C)=O)cc1CN(CC1CC1)C1CC1. The van der Waals surface area contributed by atoms with E-state index < -0.39 is 0 Å². The van der Waals surface area contributed by atoms with E-state index in [-0.39, 0.29) is 5.78 Å². The first-order valence-electron chi connectivity index (χ1n) is 7.59. The smallest absolute Gasteiger partial charge is 0.159 e. The number of ether oxygens (including phenoxy) is 1. The van der Waals surface area contributed by atoms with Crippen molar-refractivity contribution >= 4 is 5.78 Å². The minimum absolute atomic E-state index is 0.120.